The summed E-state index contributed by atoms with van der Waals surface area (Å²) in [5.74, 6) is 0.688. The molecule has 1 aliphatic carbocycles. The SMILES string of the molecule is CCNCC(C)C(=O)NCC1(O)CCC(C)CC1. The van der Waals surface area contributed by atoms with Crippen molar-refractivity contribution in [3.8, 4) is 0 Å². The van der Waals surface area contributed by atoms with Crippen molar-refractivity contribution in [2.75, 3.05) is 19.6 Å². The summed E-state index contributed by atoms with van der Waals surface area (Å²) in [5, 5.41) is 16.4. The molecule has 1 atom stereocenters. The van der Waals surface area contributed by atoms with Gasteiger partial charge in [-0.15, -0.1) is 0 Å². The molecule has 18 heavy (non-hydrogen) atoms. The van der Waals surface area contributed by atoms with Gasteiger partial charge in [0.15, 0.2) is 0 Å². The van der Waals surface area contributed by atoms with Gasteiger partial charge in [0.2, 0.25) is 5.91 Å². The molecule has 1 fully saturated rings. The highest BCUT2D eigenvalue weighted by Crippen LogP contribution is 2.31. The van der Waals surface area contributed by atoms with E-state index in [2.05, 4.69) is 17.6 Å². The first-order valence-electron chi connectivity index (χ1n) is 7.17. The van der Waals surface area contributed by atoms with Gasteiger partial charge in [0, 0.05) is 19.0 Å². The Kier molecular flexibility index (Phi) is 6.09. The first-order chi connectivity index (χ1) is 8.47. The van der Waals surface area contributed by atoms with Gasteiger partial charge in [-0.25, -0.2) is 0 Å². The summed E-state index contributed by atoms with van der Waals surface area (Å²) < 4.78 is 0. The second kappa shape index (κ2) is 7.10. The second-order valence-electron chi connectivity index (χ2n) is 5.83. The highest BCUT2D eigenvalue weighted by Gasteiger charge is 2.32. The van der Waals surface area contributed by atoms with E-state index in [1.807, 2.05) is 13.8 Å². The largest absolute Gasteiger partial charge is 0.388 e. The quantitative estimate of drug-likeness (QED) is 0.671. The number of aliphatic hydroxyl groups is 1. The smallest absolute Gasteiger partial charge is 0.224 e. The summed E-state index contributed by atoms with van der Waals surface area (Å²) in [6, 6.07) is 0. The third-order valence-corrected chi connectivity index (χ3v) is 3.94. The predicted octanol–water partition coefficient (Wildman–Crippen LogP) is 1.29. The number of hydrogen-bond donors (Lipinski definition) is 3. The van der Waals surface area contributed by atoms with E-state index < -0.39 is 5.60 Å². The minimum Gasteiger partial charge on any atom is -0.388 e. The van der Waals surface area contributed by atoms with Crippen molar-refractivity contribution in [2.45, 2.75) is 52.1 Å². The zero-order valence-electron chi connectivity index (χ0n) is 12.0. The van der Waals surface area contributed by atoms with Gasteiger partial charge in [-0.3, -0.25) is 4.79 Å². The van der Waals surface area contributed by atoms with Crippen LogP contribution < -0.4 is 10.6 Å². The van der Waals surface area contributed by atoms with Crippen LogP contribution in [0.1, 0.15) is 46.5 Å². The van der Waals surface area contributed by atoms with Crippen LogP contribution in [0.3, 0.4) is 0 Å². The van der Waals surface area contributed by atoms with E-state index in [9.17, 15) is 9.90 Å². The van der Waals surface area contributed by atoms with Crippen molar-refractivity contribution in [1.29, 1.82) is 0 Å². The van der Waals surface area contributed by atoms with E-state index in [0.29, 0.717) is 19.0 Å². The Morgan fingerprint density at radius 2 is 2.06 bits per heavy atom. The number of nitrogens with one attached hydrogen (secondary N) is 2. The van der Waals surface area contributed by atoms with E-state index in [1.54, 1.807) is 0 Å². The molecule has 4 nitrogen and oxygen atoms in total. The molecular weight excluding hydrogens is 228 g/mol. The molecule has 0 bridgehead atoms. The summed E-state index contributed by atoms with van der Waals surface area (Å²) >= 11 is 0. The van der Waals surface area contributed by atoms with Crippen LogP contribution in [-0.4, -0.2) is 36.2 Å². The molecule has 1 amide bonds. The molecule has 3 N–H and O–H groups in total. The number of amides is 1. The average molecular weight is 256 g/mol. The predicted molar refractivity (Wildman–Crippen MR) is 73.3 cm³/mol. The molecule has 1 rings (SSSR count). The van der Waals surface area contributed by atoms with Crippen molar-refractivity contribution in [1.82, 2.24) is 10.6 Å². The highest BCUT2D eigenvalue weighted by atomic mass is 16.3. The molecule has 1 aliphatic rings. The van der Waals surface area contributed by atoms with Crippen molar-refractivity contribution >= 4 is 5.91 Å². The lowest BCUT2D eigenvalue weighted by Gasteiger charge is -2.35. The fourth-order valence-electron chi connectivity index (χ4n) is 2.36. The van der Waals surface area contributed by atoms with Gasteiger partial charge in [-0.2, -0.15) is 0 Å². The molecule has 0 aromatic rings. The van der Waals surface area contributed by atoms with E-state index in [1.165, 1.54) is 0 Å². The maximum Gasteiger partial charge on any atom is 0.224 e. The zero-order chi connectivity index (χ0) is 13.6. The Hall–Kier alpha value is -0.610. The van der Waals surface area contributed by atoms with Crippen LogP contribution in [0.5, 0.6) is 0 Å². The summed E-state index contributed by atoms with van der Waals surface area (Å²) in [7, 11) is 0. The third-order valence-electron chi connectivity index (χ3n) is 3.94. The monoisotopic (exact) mass is 256 g/mol. The van der Waals surface area contributed by atoms with Crippen LogP contribution in [0, 0.1) is 11.8 Å². The number of rotatable bonds is 6. The Balaban J connectivity index is 2.29. The first-order valence-corrected chi connectivity index (χ1v) is 7.17. The maximum absolute atomic E-state index is 11.8. The molecular formula is C14H28N2O2. The summed E-state index contributed by atoms with van der Waals surface area (Å²) in [6.45, 7) is 8.12. The molecule has 0 aromatic carbocycles. The second-order valence-corrected chi connectivity index (χ2v) is 5.83. The van der Waals surface area contributed by atoms with E-state index in [4.69, 9.17) is 0 Å². The normalized spacial score (nSPS) is 29.9. The highest BCUT2D eigenvalue weighted by molar-refractivity contribution is 5.78. The number of hydrogen-bond acceptors (Lipinski definition) is 3. The first kappa shape index (κ1) is 15.4. The van der Waals surface area contributed by atoms with E-state index >= 15 is 0 Å². The van der Waals surface area contributed by atoms with Gasteiger partial charge in [-0.1, -0.05) is 20.8 Å². The lowest BCUT2D eigenvalue weighted by atomic mass is 9.79. The molecule has 4 heteroatoms. The fraction of sp³-hybridized carbons (Fsp3) is 0.929. The summed E-state index contributed by atoms with van der Waals surface area (Å²) in [6.07, 6.45) is 3.71. The van der Waals surface area contributed by atoms with E-state index in [-0.39, 0.29) is 11.8 Å². The van der Waals surface area contributed by atoms with Gasteiger partial charge in [0.1, 0.15) is 0 Å². The van der Waals surface area contributed by atoms with Crippen molar-refractivity contribution in [3.05, 3.63) is 0 Å². The molecule has 1 unspecified atom stereocenters. The van der Waals surface area contributed by atoms with Crippen LogP contribution in [0.25, 0.3) is 0 Å². The minimum absolute atomic E-state index is 0.0306. The molecule has 0 spiro atoms. The Bertz CT molecular complexity index is 261. The van der Waals surface area contributed by atoms with Crippen LogP contribution in [0.15, 0.2) is 0 Å². The van der Waals surface area contributed by atoms with Gasteiger partial charge >= 0.3 is 0 Å². The molecule has 0 aliphatic heterocycles. The van der Waals surface area contributed by atoms with Crippen molar-refractivity contribution in [3.63, 3.8) is 0 Å². The molecule has 0 aromatic heterocycles. The molecule has 0 radical (unpaired) electrons. The fourth-order valence-corrected chi connectivity index (χ4v) is 2.36. The maximum atomic E-state index is 11.8. The van der Waals surface area contributed by atoms with Gasteiger partial charge in [0.05, 0.1) is 5.60 Å². The zero-order valence-corrected chi connectivity index (χ0v) is 12.0. The number of carbonyl (C=O) groups excluding carboxylic acids is 1. The topological polar surface area (TPSA) is 61.4 Å². The standard InChI is InChI=1S/C14H28N2O2/c1-4-15-9-12(3)13(17)16-10-14(18)7-5-11(2)6-8-14/h11-12,15,18H,4-10H2,1-3H3,(H,16,17). The van der Waals surface area contributed by atoms with Gasteiger partial charge in [-0.05, 0) is 38.1 Å². The van der Waals surface area contributed by atoms with Gasteiger partial charge < -0.3 is 15.7 Å². The van der Waals surface area contributed by atoms with Crippen LogP contribution >= 0.6 is 0 Å². The Morgan fingerprint density at radius 1 is 1.44 bits per heavy atom. The summed E-state index contributed by atoms with van der Waals surface area (Å²) in [5.41, 5.74) is -0.680. The Labute approximate surface area is 111 Å². The number of carbonyl (C=O) groups is 1. The molecule has 1 saturated carbocycles. The third kappa shape index (κ3) is 4.94. The van der Waals surface area contributed by atoms with Crippen LogP contribution in [0.2, 0.25) is 0 Å². The molecule has 0 heterocycles. The van der Waals surface area contributed by atoms with Crippen LogP contribution in [-0.2, 0) is 4.79 Å². The molecule has 106 valence electrons. The van der Waals surface area contributed by atoms with Crippen LogP contribution in [0.4, 0.5) is 0 Å². The summed E-state index contributed by atoms with van der Waals surface area (Å²) in [4.78, 5) is 11.8. The van der Waals surface area contributed by atoms with Crippen molar-refractivity contribution in [2.24, 2.45) is 11.8 Å². The minimum atomic E-state index is -0.680. The Morgan fingerprint density at radius 3 is 2.61 bits per heavy atom. The lowest BCUT2D eigenvalue weighted by molar-refractivity contribution is -0.126. The lowest BCUT2D eigenvalue weighted by Crippen LogP contribution is -2.47. The average Bonchev–Trinajstić information content (AvgIpc) is 2.37. The van der Waals surface area contributed by atoms with E-state index in [0.717, 1.165) is 32.2 Å². The molecule has 0 saturated heterocycles. The van der Waals surface area contributed by atoms with Gasteiger partial charge in [0.25, 0.3) is 0 Å². The van der Waals surface area contributed by atoms with Crippen molar-refractivity contribution < 1.29 is 9.90 Å².